The molecule has 0 radical (unpaired) electrons. The Morgan fingerprint density at radius 3 is 2.58 bits per heavy atom. The molecule has 0 spiro atoms. The van der Waals surface area contributed by atoms with Crippen molar-refractivity contribution in [3.05, 3.63) is 44.9 Å². The van der Waals surface area contributed by atoms with E-state index >= 15 is 0 Å². The largest absolute Gasteiger partial charge is 0.355 e. The average Bonchev–Trinajstić information content (AvgIpc) is 3.39. The fourth-order valence-corrected chi connectivity index (χ4v) is 3.32. The number of aliphatic imine (C=N–C) groups is 1. The molecule has 3 heterocycles. The Morgan fingerprint density at radius 1 is 1.26 bits per heavy atom. The Labute approximate surface area is 188 Å². The summed E-state index contributed by atoms with van der Waals surface area (Å²) in [5, 5.41) is 13.9. The molecule has 12 nitrogen and oxygen atoms in total. The van der Waals surface area contributed by atoms with E-state index < -0.39 is 0 Å². The van der Waals surface area contributed by atoms with E-state index in [0.29, 0.717) is 17.1 Å². The number of nitrogens with zero attached hydrogens (tertiary/aromatic N) is 6. The van der Waals surface area contributed by atoms with E-state index in [-0.39, 0.29) is 23.7 Å². The van der Waals surface area contributed by atoms with Crippen molar-refractivity contribution in [2.24, 2.45) is 19.1 Å². The van der Waals surface area contributed by atoms with Crippen molar-refractivity contribution in [2.45, 2.75) is 12.7 Å². The molecule has 0 unspecified atom stereocenters. The molecule has 0 aromatic carbocycles. The van der Waals surface area contributed by atoms with Crippen LogP contribution in [0.5, 0.6) is 0 Å². The van der Waals surface area contributed by atoms with Gasteiger partial charge in [-0.2, -0.15) is 17.0 Å². The predicted octanol–water partition coefficient (Wildman–Crippen LogP) is -0.0205. The van der Waals surface area contributed by atoms with Crippen LogP contribution in [-0.2, 0) is 19.8 Å². The molecular formula is C17H25ClN10O2S. The summed E-state index contributed by atoms with van der Waals surface area (Å²) in [5.74, 6) is 2.32. The van der Waals surface area contributed by atoms with Crippen molar-refractivity contribution in [1.29, 1.82) is 5.26 Å². The molecule has 0 amide bonds. The number of aromatic amines is 2. The highest BCUT2D eigenvalue weighted by atomic mass is 35.5. The third kappa shape index (κ3) is 6.63. The summed E-state index contributed by atoms with van der Waals surface area (Å²) in [6, 6.07) is 0. The molecule has 31 heavy (non-hydrogen) atoms. The highest BCUT2D eigenvalue weighted by Gasteiger charge is 2.09. The van der Waals surface area contributed by atoms with Crippen molar-refractivity contribution < 1.29 is 0 Å². The van der Waals surface area contributed by atoms with Crippen LogP contribution in [0.4, 0.5) is 0 Å². The number of aromatic nitrogens is 6. The minimum absolute atomic E-state index is 0. The van der Waals surface area contributed by atoms with E-state index in [9.17, 15) is 9.59 Å². The summed E-state index contributed by atoms with van der Waals surface area (Å²) in [5.41, 5.74) is 2.22. The van der Waals surface area contributed by atoms with Crippen molar-refractivity contribution in [2.75, 3.05) is 19.3 Å². The van der Waals surface area contributed by atoms with Crippen LogP contribution >= 0.6 is 24.2 Å². The fraction of sp³-hybridized carbons (Fsp3) is 0.412. The molecule has 168 valence electrons. The second kappa shape index (κ2) is 12.5. The van der Waals surface area contributed by atoms with Gasteiger partial charge < -0.3 is 15.3 Å². The third-order valence-electron chi connectivity index (χ3n) is 4.14. The maximum absolute atomic E-state index is 11.4. The minimum atomic E-state index is -0.371. The van der Waals surface area contributed by atoms with E-state index in [4.69, 9.17) is 5.26 Å². The topological polar surface area (TPSA) is 162 Å². The standard InChI is InChI=1S/C10H16N6S.C7H8N4O2.ClH/c1-8-9(16-7-15-8)5-17-4-3-13-10(12-2)14-6-11;1-10-5-4(8-3-9-5)6(12)11(2)7(10)13;/h7H,3-5H2,1-2H3,(H,15,16)(H2,12,13,14);3H,1-2H3,(H,8,9);1H. The first-order valence-electron chi connectivity index (χ1n) is 8.92. The van der Waals surface area contributed by atoms with Crippen molar-refractivity contribution in [1.82, 2.24) is 39.7 Å². The first-order chi connectivity index (χ1) is 14.4. The van der Waals surface area contributed by atoms with Crippen LogP contribution in [0.2, 0.25) is 0 Å². The van der Waals surface area contributed by atoms with Gasteiger partial charge in [0.15, 0.2) is 11.8 Å². The molecule has 4 N–H and O–H groups in total. The lowest BCUT2D eigenvalue weighted by Gasteiger charge is -2.06. The molecule has 0 saturated carbocycles. The van der Waals surface area contributed by atoms with Gasteiger partial charge in [-0.1, -0.05) is 0 Å². The SMILES string of the molecule is CN=C(NC#N)NCCSCc1nc[nH]c1C.Cl.Cn1c(=O)c2[nH]cnc2n(C)c1=O. The third-order valence-corrected chi connectivity index (χ3v) is 5.11. The lowest BCUT2D eigenvalue weighted by Crippen LogP contribution is -2.36. The maximum atomic E-state index is 11.4. The molecule has 3 rings (SSSR count). The van der Waals surface area contributed by atoms with Gasteiger partial charge in [0.2, 0.25) is 5.96 Å². The number of fused-ring (bicyclic) bond motifs is 1. The summed E-state index contributed by atoms with van der Waals surface area (Å²) in [7, 11) is 4.64. The van der Waals surface area contributed by atoms with Crippen LogP contribution < -0.4 is 21.9 Å². The van der Waals surface area contributed by atoms with E-state index in [1.807, 2.05) is 13.1 Å². The molecule has 0 fully saturated rings. The summed E-state index contributed by atoms with van der Waals surface area (Å²) in [4.78, 5) is 40.5. The van der Waals surface area contributed by atoms with Gasteiger partial charge in [0.25, 0.3) is 5.56 Å². The van der Waals surface area contributed by atoms with Gasteiger partial charge in [0.05, 0.1) is 18.3 Å². The number of hydrogen-bond acceptors (Lipinski definition) is 7. The molecule has 0 saturated heterocycles. The van der Waals surface area contributed by atoms with Gasteiger partial charge in [-0.05, 0) is 6.92 Å². The highest BCUT2D eigenvalue weighted by molar-refractivity contribution is 7.98. The number of guanidine groups is 1. The first kappa shape index (κ1) is 25.8. The summed E-state index contributed by atoms with van der Waals surface area (Å²) >= 11 is 1.79. The average molecular weight is 469 g/mol. The molecule has 0 aliphatic carbocycles. The van der Waals surface area contributed by atoms with Crippen LogP contribution in [0.25, 0.3) is 11.2 Å². The van der Waals surface area contributed by atoms with Gasteiger partial charge in [0, 0.05) is 44.9 Å². The Kier molecular flexibility index (Phi) is 10.4. The van der Waals surface area contributed by atoms with Crippen LogP contribution in [0.15, 0.2) is 27.2 Å². The fourth-order valence-electron chi connectivity index (χ4n) is 2.44. The minimum Gasteiger partial charge on any atom is -0.355 e. The van der Waals surface area contributed by atoms with Gasteiger partial charge in [-0.3, -0.25) is 24.2 Å². The number of hydrogen-bond donors (Lipinski definition) is 4. The Balaban J connectivity index is 0.000000309. The monoisotopic (exact) mass is 468 g/mol. The molecule has 14 heteroatoms. The molecular weight excluding hydrogens is 444 g/mol. The van der Waals surface area contributed by atoms with Crippen molar-refractivity contribution >= 4 is 41.3 Å². The molecule has 0 atom stereocenters. The second-order valence-corrected chi connectivity index (χ2v) is 7.17. The molecule has 3 aromatic rings. The number of nitrogens with one attached hydrogen (secondary N) is 4. The number of H-pyrrole nitrogens is 2. The number of nitriles is 1. The van der Waals surface area contributed by atoms with Crippen LogP contribution in [0, 0.1) is 18.4 Å². The Bertz CT molecular complexity index is 1170. The Morgan fingerprint density at radius 2 is 1.97 bits per heavy atom. The molecule has 0 aliphatic rings. The van der Waals surface area contributed by atoms with Crippen molar-refractivity contribution in [3.8, 4) is 6.19 Å². The molecule has 0 bridgehead atoms. The van der Waals surface area contributed by atoms with Gasteiger partial charge in [-0.15, -0.1) is 12.4 Å². The number of aryl methyl sites for hydroxylation is 2. The van der Waals surface area contributed by atoms with E-state index in [1.54, 1.807) is 32.2 Å². The van der Waals surface area contributed by atoms with Crippen LogP contribution in [0.1, 0.15) is 11.4 Å². The van der Waals surface area contributed by atoms with Crippen molar-refractivity contribution in [3.63, 3.8) is 0 Å². The summed E-state index contributed by atoms with van der Waals surface area (Å²) in [6.07, 6.45) is 4.93. The number of imidazole rings is 2. The maximum Gasteiger partial charge on any atom is 0.332 e. The van der Waals surface area contributed by atoms with Crippen LogP contribution in [-0.4, -0.2) is 54.4 Å². The normalized spacial score (nSPS) is 10.6. The predicted molar refractivity (Wildman–Crippen MR) is 123 cm³/mol. The van der Waals surface area contributed by atoms with Gasteiger partial charge in [0.1, 0.15) is 5.52 Å². The number of halogens is 1. The quantitative estimate of drug-likeness (QED) is 0.133. The number of rotatable bonds is 5. The smallest absolute Gasteiger partial charge is 0.332 e. The van der Waals surface area contributed by atoms with E-state index in [0.717, 1.165) is 34.0 Å². The highest BCUT2D eigenvalue weighted by Crippen LogP contribution is 2.11. The first-order valence-corrected chi connectivity index (χ1v) is 10.1. The zero-order valence-corrected chi connectivity index (χ0v) is 19.2. The van der Waals surface area contributed by atoms with Crippen LogP contribution in [0.3, 0.4) is 0 Å². The Hall–Kier alpha value is -3.24. The number of thioether (sulfide) groups is 1. The van der Waals surface area contributed by atoms with Gasteiger partial charge >= 0.3 is 5.69 Å². The van der Waals surface area contributed by atoms with E-state index in [1.165, 1.54) is 17.9 Å². The lowest BCUT2D eigenvalue weighted by atomic mass is 10.4. The summed E-state index contributed by atoms with van der Waals surface area (Å²) < 4.78 is 2.37. The molecule has 3 aromatic heterocycles. The second-order valence-electron chi connectivity index (χ2n) is 6.07. The molecule has 0 aliphatic heterocycles. The van der Waals surface area contributed by atoms with Gasteiger partial charge in [-0.25, -0.2) is 14.8 Å². The lowest BCUT2D eigenvalue weighted by molar-refractivity contribution is 0.709. The summed E-state index contributed by atoms with van der Waals surface area (Å²) in [6.45, 7) is 2.77. The zero-order valence-electron chi connectivity index (χ0n) is 17.6. The van der Waals surface area contributed by atoms with E-state index in [2.05, 4.69) is 35.6 Å². The zero-order chi connectivity index (χ0) is 22.1.